The smallest absolute Gasteiger partial charge is 0.490 e. The summed E-state index contributed by atoms with van der Waals surface area (Å²) < 4.78 is 48.5. The minimum Gasteiger partial charge on any atom is -0.490 e. The fraction of sp³-hybridized carbons (Fsp3) is 0.619. The highest BCUT2D eigenvalue weighted by Gasteiger charge is 2.34. The van der Waals surface area contributed by atoms with Gasteiger partial charge in [-0.2, -0.15) is 0 Å². The van der Waals surface area contributed by atoms with Crippen molar-refractivity contribution >= 4 is 0 Å². The van der Waals surface area contributed by atoms with Crippen molar-refractivity contribution < 1.29 is 22.6 Å². The van der Waals surface area contributed by atoms with Gasteiger partial charge in [0.25, 0.3) is 0 Å². The molecule has 0 saturated heterocycles. The van der Waals surface area contributed by atoms with E-state index in [1.54, 1.807) is 13.0 Å². The Labute approximate surface area is 153 Å². The SMILES string of the molecule is Cc1c(CC/C=C/C2CC2)ccc(OCCC2CCC2)c1OC(F)(F)F. The summed E-state index contributed by atoms with van der Waals surface area (Å²) in [4.78, 5) is 0. The maximum absolute atomic E-state index is 12.9. The maximum Gasteiger partial charge on any atom is 0.573 e. The van der Waals surface area contributed by atoms with Crippen LogP contribution in [0.25, 0.3) is 0 Å². The lowest BCUT2D eigenvalue weighted by molar-refractivity contribution is -0.275. The fourth-order valence-corrected chi connectivity index (χ4v) is 3.27. The zero-order valence-electron chi connectivity index (χ0n) is 15.3. The first kappa shape index (κ1) is 19.1. The van der Waals surface area contributed by atoms with Crippen LogP contribution in [-0.2, 0) is 6.42 Å². The van der Waals surface area contributed by atoms with Gasteiger partial charge in [0.05, 0.1) is 6.61 Å². The summed E-state index contributed by atoms with van der Waals surface area (Å²) in [5.74, 6) is 1.37. The Bertz CT molecular complexity index is 629. The standard InChI is InChI=1S/C21H27F3O2/c1-15-18(8-3-2-5-17-9-10-17)11-12-19(20(15)26-21(22,23)24)25-14-13-16-6-4-7-16/h2,5,11-12,16-17H,3-4,6-10,13-14H2,1H3/b5-2+. The second kappa shape index (κ2) is 8.36. The van der Waals surface area contributed by atoms with E-state index in [9.17, 15) is 13.2 Å². The fourth-order valence-electron chi connectivity index (χ4n) is 3.27. The largest absolute Gasteiger partial charge is 0.573 e. The lowest BCUT2D eigenvalue weighted by atomic mass is 9.83. The highest BCUT2D eigenvalue weighted by molar-refractivity contribution is 5.50. The number of alkyl halides is 3. The van der Waals surface area contributed by atoms with E-state index in [0.29, 0.717) is 30.4 Å². The number of hydrogen-bond acceptors (Lipinski definition) is 2. The second-order valence-corrected chi connectivity index (χ2v) is 7.46. The van der Waals surface area contributed by atoms with Crippen molar-refractivity contribution in [1.82, 2.24) is 0 Å². The zero-order chi connectivity index (χ0) is 18.6. The van der Waals surface area contributed by atoms with Crippen molar-refractivity contribution in [3.63, 3.8) is 0 Å². The number of rotatable bonds is 9. The molecule has 2 aliphatic rings. The van der Waals surface area contributed by atoms with Gasteiger partial charge >= 0.3 is 6.36 Å². The molecule has 2 aliphatic carbocycles. The van der Waals surface area contributed by atoms with Gasteiger partial charge in [0.2, 0.25) is 0 Å². The summed E-state index contributed by atoms with van der Waals surface area (Å²) in [7, 11) is 0. The van der Waals surface area contributed by atoms with Crippen LogP contribution in [-0.4, -0.2) is 13.0 Å². The molecule has 1 aromatic rings. The third kappa shape index (κ3) is 5.68. The molecule has 5 heteroatoms. The number of ether oxygens (including phenoxy) is 2. The quantitative estimate of drug-likeness (QED) is 0.472. The third-order valence-electron chi connectivity index (χ3n) is 5.32. The molecule has 2 nitrogen and oxygen atoms in total. The molecule has 2 saturated carbocycles. The van der Waals surface area contributed by atoms with Crippen molar-refractivity contribution in [2.24, 2.45) is 11.8 Å². The molecule has 3 rings (SSSR count). The lowest BCUT2D eigenvalue weighted by Gasteiger charge is -2.25. The van der Waals surface area contributed by atoms with Crippen LogP contribution in [0, 0.1) is 18.8 Å². The van der Waals surface area contributed by atoms with E-state index in [4.69, 9.17) is 4.74 Å². The predicted octanol–water partition coefficient (Wildman–Crippen LogP) is 6.36. The molecule has 144 valence electrons. The number of halogens is 3. The monoisotopic (exact) mass is 368 g/mol. The van der Waals surface area contributed by atoms with Crippen molar-refractivity contribution in [2.45, 2.75) is 64.7 Å². The van der Waals surface area contributed by atoms with Gasteiger partial charge < -0.3 is 9.47 Å². The Hall–Kier alpha value is -1.65. The molecule has 1 aromatic carbocycles. The Kier molecular flexibility index (Phi) is 6.15. The molecule has 0 bridgehead atoms. The first-order chi connectivity index (χ1) is 12.4. The molecule has 0 aliphatic heterocycles. The molecule has 2 fully saturated rings. The molecule has 0 radical (unpaired) electrons. The molecule has 0 amide bonds. The average Bonchev–Trinajstić information content (AvgIpc) is 3.34. The van der Waals surface area contributed by atoms with Gasteiger partial charge in [-0.05, 0) is 68.1 Å². The van der Waals surface area contributed by atoms with Crippen molar-refractivity contribution in [3.8, 4) is 11.5 Å². The highest BCUT2D eigenvalue weighted by Crippen LogP contribution is 2.38. The van der Waals surface area contributed by atoms with Crippen LogP contribution in [0.3, 0.4) is 0 Å². The summed E-state index contributed by atoms with van der Waals surface area (Å²) >= 11 is 0. The van der Waals surface area contributed by atoms with Crippen molar-refractivity contribution in [2.75, 3.05) is 6.61 Å². The molecule has 0 unspecified atom stereocenters. The molecular weight excluding hydrogens is 341 g/mol. The van der Waals surface area contributed by atoms with Crippen LogP contribution >= 0.6 is 0 Å². The summed E-state index contributed by atoms with van der Waals surface area (Å²) in [6.45, 7) is 2.11. The lowest BCUT2D eigenvalue weighted by Crippen LogP contribution is -2.19. The highest BCUT2D eigenvalue weighted by atomic mass is 19.4. The maximum atomic E-state index is 12.9. The van der Waals surface area contributed by atoms with Crippen molar-refractivity contribution in [3.05, 3.63) is 35.4 Å². The van der Waals surface area contributed by atoms with Crippen LogP contribution in [0.1, 0.15) is 56.1 Å². The summed E-state index contributed by atoms with van der Waals surface area (Å²) in [5, 5.41) is 0. The van der Waals surface area contributed by atoms with Crippen LogP contribution in [0.15, 0.2) is 24.3 Å². The van der Waals surface area contributed by atoms with E-state index < -0.39 is 6.36 Å². The molecule has 0 N–H and O–H groups in total. The van der Waals surface area contributed by atoms with Gasteiger partial charge in [-0.15, -0.1) is 13.2 Å². The van der Waals surface area contributed by atoms with E-state index in [-0.39, 0.29) is 11.5 Å². The second-order valence-electron chi connectivity index (χ2n) is 7.46. The Morgan fingerprint density at radius 2 is 1.92 bits per heavy atom. The normalized spacial score (nSPS) is 18.2. The van der Waals surface area contributed by atoms with Gasteiger partial charge in [-0.1, -0.05) is 37.5 Å². The van der Waals surface area contributed by atoms with Gasteiger partial charge in [0.15, 0.2) is 11.5 Å². The Morgan fingerprint density at radius 3 is 2.54 bits per heavy atom. The van der Waals surface area contributed by atoms with Gasteiger partial charge in [-0.25, -0.2) is 0 Å². The average molecular weight is 368 g/mol. The first-order valence-electron chi connectivity index (χ1n) is 9.60. The van der Waals surface area contributed by atoms with E-state index in [0.717, 1.165) is 18.4 Å². The number of allylic oxidation sites excluding steroid dienone is 2. The molecule has 0 aromatic heterocycles. The van der Waals surface area contributed by atoms with Crippen LogP contribution in [0.4, 0.5) is 13.2 Å². The molecule has 0 atom stereocenters. The molecule has 0 heterocycles. The Balaban J connectivity index is 1.66. The van der Waals surface area contributed by atoms with Crippen LogP contribution < -0.4 is 9.47 Å². The van der Waals surface area contributed by atoms with E-state index in [2.05, 4.69) is 16.9 Å². The molecular formula is C21H27F3O2. The predicted molar refractivity (Wildman–Crippen MR) is 95.5 cm³/mol. The minimum atomic E-state index is -4.72. The van der Waals surface area contributed by atoms with Gasteiger partial charge in [-0.3, -0.25) is 0 Å². The minimum absolute atomic E-state index is 0.185. The summed E-state index contributed by atoms with van der Waals surface area (Å²) in [5.41, 5.74) is 1.39. The zero-order valence-corrected chi connectivity index (χ0v) is 15.3. The van der Waals surface area contributed by atoms with Crippen LogP contribution in [0.2, 0.25) is 0 Å². The van der Waals surface area contributed by atoms with E-state index >= 15 is 0 Å². The summed E-state index contributed by atoms with van der Waals surface area (Å²) in [6.07, 6.45) is 8.18. The van der Waals surface area contributed by atoms with E-state index in [1.807, 2.05) is 6.07 Å². The Morgan fingerprint density at radius 1 is 1.15 bits per heavy atom. The summed E-state index contributed by atoms with van der Waals surface area (Å²) in [6, 6.07) is 3.48. The van der Waals surface area contributed by atoms with Crippen LogP contribution in [0.5, 0.6) is 11.5 Å². The first-order valence-corrected chi connectivity index (χ1v) is 9.60. The number of benzene rings is 1. The molecule has 26 heavy (non-hydrogen) atoms. The third-order valence-corrected chi connectivity index (χ3v) is 5.32. The van der Waals surface area contributed by atoms with Gasteiger partial charge in [0.1, 0.15) is 0 Å². The molecule has 0 spiro atoms. The number of aryl methyl sites for hydroxylation is 1. The van der Waals surface area contributed by atoms with Crippen molar-refractivity contribution in [1.29, 1.82) is 0 Å². The van der Waals surface area contributed by atoms with E-state index in [1.165, 1.54) is 32.1 Å². The topological polar surface area (TPSA) is 18.5 Å². The van der Waals surface area contributed by atoms with Gasteiger partial charge in [0, 0.05) is 0 Å². The number of hydrogen-bond donors (Lipinski definition) is 0.